The monoisotopic (exact) mass is 245 g/mol. The molecule has 0 aliphatic heterocycles. The van der Waals surface area contributed by atoms with Crippen molar-refractivity contribution in [1.29, 1.82) is 0 Å². The molecule has 0 radical (unpaired) electrons. The maximum absolute atomic E-state index is 11.1. The van der Waals surface area contributed by atoms with Gasteiger partial charge in [0.15, 0.2) is 0 Å². The molecule has 0 saturated heterocycles. The fourth-order valence-corrected chi connectivity index (χ4v) is 1.48. The Labute approximate surface area is 108 Å². The van der Waals surface area contributed by atoms with Gasteiger partial charge in [0.1, 0.15) is 5.84 Å². The number of amides is 1. The molecule has 0 saturated carbocycles. The maximum Gasteiger partial charge on any atom is 0.239 e. The first kappa shape index (κ1) is 14.1. The van der Waals surface area contributed by atoms with Crippen LogP contribution in [0.4, 0.5) is 0 Å². The Hall–Kier alpha value is -1.94. The lowest BCUT2D eigenvalue weighted by Crippen LogP contribution is -2.33. The lowest BCUT2D eigenvalue weighted by molar-refractivity contribution is -0.118. The number of hydrogen-bond donors (Lipinski definition) is 2. The van der Waals surface area contributed by atoms with Crippen LogP contribution in [0.5, 0.6) is 0 Å². The Bertz CT molecular complexity index is 460. The van der Waals surface area contributed by atoms with E-state index in [0.717, 1.165) is 12.0 Å². The Balaban J connectivity index is 2.74. The summed E-state index contributed by atoms with van der Waals surface area (Å²) in [4.78, 5) is 15.3. The van der Waals surface area contributed by atoms with Gasteiger partial charge in [0.25, 0.3) is 0 Å². The van der Waals surface area contributed by atoms with Gasteiger partial charge in [-0.25, -0.2) is 4.99 Å². The van der Waals surface area contributed by atoms with Crippen molar-refractivity contribution in [3.05, 3.63) is 42.0 Å². The molecule has 18 heavy (non-hydrogen) atoms. The summed E-state index contributed by atoms with van der Waals surface area (Å²) in [6.07, 6.45) is 1.00. The molecular weight excluding hydrogens is 226 g/mol. The average Bonchev–Trinajstić information content (AvgIpc) is 2.38. The molecule has 0 bridgehead atoms. The van der Waals surface area contributed by atoms with Crippen LogP contribution in [-0.2, 0) is 11.2 Å². The number of amidine groups is 1. The molecule has 1 aromatic rings. The van der Waals surface area contributed by atoms with Gasteiger partial charge in [0.2, 0.25) is 5.91 Å². The summed E-state index contributed by atoms with van der Waals surface area (Å²) in [6, 6.07) is 8.04. The van der Waals surface area contributed by atoms with Crippen LogP contribution in [0, 0.1) is 0 Å². The zero-order valence-electron chi connectivity index (χ0n) is 10.9. The van der Waals surface area contributed by atoms with Crippen LogP contribution in [-0.4, -0.2) is 18.3 Å². The lowest BCUT2D eigenvalue weighted by atomic mass is 10.1. The van der Waals surface area contributed by atoms with Gasteiger partial charge in [0, 0.05) is 0 Å². The van der Waals surface area contributed by atoms with E-state index in [1.165, 1.54) is 5.56 Å². The number of rotatable bonds is 4. The predicted octanol–water partition coefficient (Wildman–Crippen LogP) is 1.71. The summed E-state index contributed by atoms with van der Waals surface area (Å²) in [5.41, 5.74) is 8.03. The van der Waals surface area contributed by atoms with Crippen molar-refractivity contribution in [2.45, 2.75) is 20.3 Å². The molecule has 0 aliphatic carbocycles. The highest BCUT2D eigenvalue weighted by Crippen LogP contribution is 2.14. The molecule has 4 nitrogen and oxygen atoms in total. The van der Waals surface area contributed by atoms with Crippen LogP contribution < -0.4 is 11.1 Å². The number of carbonyl (C=O) groups is 1. The zero-order chi connectivity index (χ0) is 13.5. The number of aliphatic imine (C=N–C) groups is 1. The van der Waals surface area contributed by atoms with Crippen LogP contribution in [0.3, 0.4) is 0 Å². The SMILES string of the molecule is C=C(N=C(C)NC(=O)CN)c1ccc(CC)cc1. The van der Waals surface area contributed by atoms with Gasteiger partial charge in [-0.2, -0.15) is 0 Å². The van der Waals surface area contributed by atoms with E-state index in [2.05, 4.69) is 23.8 Å². The second-order valence-electron chi connectivity index (χ2n) is 3.95. The van der Waals surface area contributed by atoms with Crippen LogP contribution in [0.2, 0.25) is 0 Å². The Kier molecular flexibility index (Phi) is 5.27. The first-order chi connectivity index (χ1) is 8.56. The van der Waals surface area contributed by atoms with Crippen LogP contribution in [0.25, 0.3) is 5.70 Å². The smallest absolute Gasteiger partial charge is 0.239 e. The Morgan fingerprint density at radius 2 is 2.00 bits per heavy atom. The minimum absolute atomic E-state index is 0.0511. The van der Waals surface area contributed by atoms with E-state index < -0.39 is 0 Å². The van der Waals surface area contributed by atoms with Crippen molar-refractivity contribution in [1.82, 2.24) is 5.32 Å². The summed E-state index contributed by atoms with van der Waals surface area (Å²) in [5, 5.41) is 2.58. The summed E-state index contributed by atoms with van der Waals surface area (Å²) in [6.45, 7) is 7.65. The highest BCUT2D eigenvalue weighted by molar-refractivity contribution is 5.99. The molecule has 0 fully saturated rings. The molecule has 0 heterocycles. The molecule has 0 atom stereocenters. The largest absolute Gasteiger partial charge is 0.322 e. The van der Waals surface area contributed by atoms with Crippen LogP contribution >= 0.6 is 0 Å². The quantitative estimate of drug-likeness (QED) is 0.626. The third-order valence-electron chi connectivity index (χ3n) is 2.50. The molecule has 3 N–H and O–H groups in total. The van der Waals surface area contributed by atoms with Crippen molar-refractivity contribution in [2.75, 3.05) is 6.54 Å². The number of nitrogens with zero attached hydrogens (tertiary/aromatic N) is 1. The number of carbonyl (C=O) groups excluding carboxylic acids is 1. The molecule has 0 spiro atoms. The first-order valence-corrected chi connectivity index (χ1v) is 5.90. The Morgan fingerprint density at radius 1 is 1.39 bits per heavy atom. The summed E-state index contributed by atoms with van der Waals surface area (Å²) in [5.74, 6) is 0.236. The molecule has 1 rings (SSSR count). The first-order valence-electron chi connectivity index (χ1n) is 5.90. The molecule has 1 aromatic carbocycles. The lowest BCUT2D eigenvalue weighted by Gasteiger charge is -2.05. The number of benzene rings is 1. The molecular formula is C14H19N3O. The molecule has 0 aliphatic rings. The van der Waals surface area contributed by atoms with Crippen molar-refractivity contribution >= 4 is 17.4 Å². The standard InChI is InChI=1S/C14H19N3O/c1-4-12-5-7-13(8-6-12)10(2)16-11(3)17-14(18)9-15/h5-8H,2,4,9,15H2,1,3H3,(H,16,17,18). The van der Waals surface area contributed by atoms with E-state index in [0.29, 0.717) is 11.5 Å². The second kappa shape index (κ2) is 6.71. The number of aryl methyl sites for hydroxylation is 1. The maximum atomic E-state index is 11.1. The molecule has 1 amide bonds. The van der Waals surface area contributed by atoms with Gasteiger partial charge < -0.3 is 11.1 Å². The molecule has 0 unspecified atom stereocenters. The third-order valence-corrected chi connectivity index (χ3v) is 2.50. The van der Waals surface area contributed by atoms with Crippen molar-refractivity contribution in [2.24, 2.45) is 10.7 Å². The summed E-state index contributed by atoms with van der Waals surface area (Å²) in [7, 11) is 0. The highest BCUT2D eigenvalue weighted by Gasteiger charge is 2.01. The van der Waals surface area contributed by atoms with Crippen LogP contribution in [0.1, 0.15) is 25.0 Å². The number of nitrogens with two attached hydrogens (primary N) is 1. The van der Waals surface area contributed by atoms with Gasteiger partial charge in [-0.1, -0.05) is 37.8 Å². The van der Waals surface area contributed by atoms with Crippen LogP contribution in [0.15, 0.2) is 35.8 Å². The van der Waals surface area contributed by atoms with Gasteiger partial charge in [0.05, 0.1) is 12.2 Å². The fraction of sp³-hybridized carbons (Fsp3) is 0.286. The fourth-order valence-electron chi connectivity index (χ4n) is 1.48. The van der Waals surface area contributed by atoms with E-state index in [1.807, 2.05) is 24.3 Å². The van der Waals surface area contributed by atoms with Crippen molar-refractivity contribution in [3.63, 3.8) is 0 Å². The normalized spacial score (nSPS) is 11.2. The van der Waals surface area contributed by atoms with E-state index in [4.69, 9.17) is 5.73 Å². The molecule has 0 aromatic heterocycles. The topological polar surface area (TPSA) is 67.5 Å². The van der Waals surface area contributed by atoms with Gasteiger partial charge >= 0.3 is 0 Å². The Morgan fingerprint density at radius 3 is 2.50 bits per heavy atom. The average molecular weight is 245 g/mol. The predicted molar refractivity (Wildman–Crippen MR) is 75.2 cm³/mol. The molecule has 4 heteroatoms. The van der Waals surface area contributed by atoms with Crippen molar-refractivity contribution < 1.29 is 4.79 Å². The van der Waals surface area contributed by atoms with E-state index in [-0.39, 0.29) is 12.5 Å². The molecule has 96 valence electrons. The highest BCUT2D eigenvalue weighted by atomic mass is 16.1. The number of hydrogen-bond acceptors (Lipinski definition) is 3. The third kappa shape index (κ3) is 4.14. The minimum Gasteiger partial charge on any atom is -0.322 e. The second-order valence-corrected chi connectivity index (χ2v) is 3.95. The van der Waals surface area contributed by atoms with Gasteiger partial charge in [-0.3, -0.25) is 4.79 Å². The summed E-state index contributed by atoms with van der Waals surface area (Å²) >= 11 is 0. The van der Waals surface area contributed by atoms with E-state index >= 15 is 0 Å². The van der Waals surface area contributed by atoms with Crippen molar-refractivity contribution in [3.8, 4) is 0 Å². The van der Waals surface area contributed by atoms with Gasteiger partial charge in [-0.15, -0.1) is 0 Å². The van der Waals surface area contributed by atoms with Gasteiger partial charge in [-0.05, 0) is 24.5 Å². The van der Waals surface area contributed by atoms with E-state index in [1.54, 1.807) is 6.92 Å². The zero-order valence-corrected chi connectivity index (χ0v) is 10.9. The number of nitrogens with one attached hydrogen (secondary N) is 1. The van der Waals surface area contributed by atoms with E-state index in [9.17, 15) is 4.79 Å². The minimum atomic E-state index is -0.259. The summed E-state index contributed by atoms with van der Waals surface area (Å²) < 4.78 is 0.